The van der Waals surface area contributed by atoms with Crippen LogP contribution in [0.2, 0.25) is 0 Å². The Labute approximate surface area is 153 Å². The summed E-state index contributed by atoms with van der Waals surface area (Å²) in [6.45, 7) is 11.5. The molecule has 2 rings (SSSR count). The highest BCUT2D eigenvalue weighted by Crippen LogP contribution is 2.26. The molecule has 140 valence electrons. The Morgan fingerprint density at radius 3 is 2.12 bits per heavy atom. The Kier molecular flexibility index (Phi) is 5.11. The predicted molar refractivity (Wildman–Crippen MR) is 99.1 cm³/mol. The summed E-state index contributed by atoms with van der Waals surface area (Å²) in [5.41, 5.74) is 0.944. The molecule has 0 unspecified atom stereocenters. The molecule has 1 amide bonds. The zero-order valence-electron chi connectivity index (χ0n) is 16.0. The van der Waals surface area contributed by atoms with E-state index in [9.17, 15) is 14.7 Å². The van der Waals surface area contributed by atoms with Crippen molar-refractivity contribution < 1.29 is 19.4 Å². The van der Waals surface area contributed by atoms with Crippen LogP contribution >= 0.6 is 0 Å². The highest BCUT2D eigenvalue weighted by Gasteiger charge is 2.23. The molecule has 0 aliphatic carbocycles. The third-order valence-corrected chi connectivity index (χ3v) is 3.60. The number of carboxylic acids is 1. The van der Waals surface area contributed by atoms with Gasteiger partial charge in [-0.05, 0) is 43.9 Å². The molecule has 7 nitrogen and oxygen atoms in total. The Balaban J connectivity index is 2.40. The molecule has 2 aromatic rings. The molecule has 2 N–H and O–H groups in total. The lowest BCUT2D eigenvalue weighted by molar-refractivity contribution is 0.0635. The Morgan fingerprint density at radius 1 is 1.08 bits per heavy atom. The van der Waals surface area contributed by atoms with Crippen LogP contribution in [0.25, 0.3) is 5.69 Å². The third kappa shape index (κ3) is 4.62. The Bertz CT molecular complexity index is 809. The average molecular weight is 359 g/mol. The van der Waals surface area contributed by atoms with Crippen LogP contribution < -0.4 is 5.32 Å². The van der Waals surface area contributed by atoms with Crippen molar-refractivity contribution in [2.45, 2.75) is 52.6 Å². The number of rotatable bonds is 3. The van der Waals surface area contributed by atoms with Crippen molar-refractivity contribution in [1.29, 1.82) is 0 Å². The molecule has 0 spiro atoms. The number of benzene rings is 1. The largest absolute Gasteiger partial charge is 0.477 e. The van der Waals surface area contributed by atoms with Gasteiger partial charge >= 0.3 is 12.1 Å². The fraction of sp³-hybridized carbons (Fsp3) is 0.421. The summed E-state index contributed by atoms with van der Waals surface area (Å²) in [7, 11) is 0. The van der Waals surface area contributed by atoms with E-state index >= 15 is 0 Å². The maximum absolute atomic E-state index is 12.1. The third-order valence-electron chi connectivity index (χ3n) is 3.60. The van der Waals surface area contributed by atoms with Gasteiger partial charge in [-0.25, -0.2) is 14.3 Å². The molecule has 0 atom stereocenters. The van der Waals surface area contributed by atoms with Crippen LogP contribution in [-0.2, 0) is 10.2 Å². The number of ether oxygens (including phenoxy) is 1. The van der Waals surface area contributed by atoms with Gasteiger partial charge < -0.3 is 9.84 Å². The number of nitrogens with zero attached hydrogens (tertiary/aromatic N) is 2. The van der Waals surface area contributed by atoms with Gasteiger partial charge in [0.15, 0.2) is 5.82 Å². The summed E-state index contributed by atoms with van der Waals surface area (Å²) < 4.78 is 6.59. The second kappa shape index (κ2) is 6.82. The van der Waals surface area contributed by atoms with Crippen LogP contribution in [0.1, 0.15) is 57.5 Å². The number of anilines is 1. The fourth-order valence-electron chi connectivity index (χ4n) is 2.32. The van der Waals surface area contributed by atoms with E-state index in [0.29, 0.717) is 5.69 Å². The summed E-state index contributed by atoms with van der Waals surface area (Å²) >= 11 is 0. The summed E-state index contributed by atoms with van der Waals surface area (Å²) in [4.78, 5) is 23.6. The van der Waals surface area contributed by atoms with Crippen LogP contribution in [0.5, 0.6) is 0 Å². The van der Waals surface area contributed by atoms with Crippen LogP contribution in [0.3, 0.4) is 0 Å². The molecule has 26 heavy (non-hydrogen) atoms. The van der Waals surface area contributed by atoms with Gasteiger partial charge in [-0.2, -0.15) is 5.10 Å². The van der Waals surface area contributed by atoms with E-state index in [4.69, 9.17) is 4.74 Å². The van der Waals surface area contributed by atoms with Gasteiger partial charge in [-0.1, -0.05) is 32.9 Å². The molecule has 1 aromatic carbocycles. The number of aromatic carboxylic acids is 1. The molecule has 0 saturated heterocycles. The number of aromatic nitrogens is 2. The molecule has 1 aromatic heterocycles. The van der Waals surface area contributed by atoms with E-state index in [1.54, 1.807) is 20.8 Å². The maximum atomic E-state index is 12.1. The van der Waals surface area contributed by atoms with Crippen molar-refractivity contribution in [3.63, 3.8) is 0 Å². The van der Waals surface area contributed by atoms with E-state index in [0.717, 1.165) is 5.56 Å². The smallest absolute Gasteiger partial charge is 0.413 e. The molecular formula is C19H25N3O4. The van der Waals surface area contributed by atoms with E-state index in [2.05, 4.69) is 31.2 Å². The van der Waals surface area contributed by atoms with Gasteiger partial charge in [0.05, 0.1) is 11.9 Å². The number of hydrogen-bond acceptors (Lipinski definition) is 4. The van der Waals surface area contributed by atoms with E-state index in [-0.39, 0.29) is 16.8 Å². The topological polar surface area (TPSA) is 93.4 Å². The lowest BCUT2D eigenvalue weighted by Crippen LogP contribution is -2.28. The fourth-order valence-corrected chi connectivity index (χ4v) is 2.32. The van der Waals surface area contributed by atoms with Crippen molar-refractivity contribution >= 4 is 17.9 Å². The molecule has 0 aliphatic rings. The maximum Gasteiger partial charge on any atom is 0.413 e. The van der Waals surface area contributed by atoms with Crippen molar-refractivity contribution in [3.8, 4) is 5.69 Å². The van der Waals surface area contributed by atoms with E-state index in [1.807, 2.05) is 24.3 Å². The second-order valence-corrected chi connectivity index (χ2v) is 8.05. The first-order valence-corrected chi connectivity index (χ1v) is 8.31. The van der Waals surface area contributed by atoms with Crippen LogP contribution in [0.15, 0.2) is 30.5 Å². The summed E-state index contributed by atoms with van der Waals surface area (Å²) in [6, 6.07) is 7.57. The number of carbonyl (C=O) groups excluding carboxylic acids is 1. The Morgan fingerprint density at radius 2 is 1.65 bits per heavy atom. The average Bonchev–Trinajstić information content (AvgIpc) is 2.88. The lowest BCUT2D eigenvalue weighted by Gasteiger charge is -2.21. The number of carboxylic acid groups (broad SMARTS) is 1. The van der Waals surface area contributed by atoms with Crippen molar-refractivity contribution in [3.05, 3.63) is 41.6 Å². The molecule has 0 fully saturated rings. The molecule has 0 aliphatic heterocycles. The zero-order valence-corrected chi connectivity index (χ0v) is 16.0. The van der Waals surface area contributed by atoms with Gasteiger partial charge in [0.1, 0.15) is 11.2 Å². The van der Waals surface area contributed by atoms with Gasteiger partial charge in [0.2, 0.25) is 0 Å². The second-order valence-electron chi connectivity index (χ2n) is 8.05. The zero-order chi connectivity index (χ0) is 19.7. The molecule has 0 radical (unpaired) electrons. The standard InChI is InChI=1S/C19H25N3O4/c1-18(2,3)12-7-9-13(10-8-12)22-15(14(11-20-22)16(23)24)21-17(25)26-19(4,5)6/h7-11H,1-6H3,(H,21,25)(H,23,24). The van der Waals surface area contributed by atoms with Crippen molar-refractivity contribution in [2.75, 3.05) is 5.32 Å². The van der Waals surface area contributed by atoms with Crippen LogP contribution in [-0.4, -0.2) is 32.6 Å². The lowest BCUT2D eigenvalue weighted by atomic mass is 9.87. The van der Waals surface area contributed by atoms with Gasteiger partial charge in [-0.3, -0.25) is 5.32 Å². The summed E-state index contributed by atoms with van der Waals surface area (Å²) in [5.74, 6) is -1.14. The first-order chi connectivity index (χ1) is 11.9. The Hall–Kier alpha value is -2.83. The van der Waals surface area contributed by atoms with E-state index in [1.165, 1.54) is 10.9 Å². The van der Waals surface area contributed by atoms with Gasteiger partial charge in [0, 0.05) is 0 Å². The predicted octanol–water partition coefficient (Wildman–Crippen LogP) is 4.22. The molecule has 0 bridgehead atoms. The number of nitrogens with one attached hydrogen (secondary N) is 1. The first-order valence-electron chi connectivity index (χ1n) is 8.31. The minimum atomic E-state index is -1.19. The molecule has 7 heteroatoms. The number of amides is 1. The van der Waals surface area contributed by atoms with Gasteiger partial charge in [-0.15, -0.1) is 0 Å². The van der Waals surface area contributed by atoms with Gasteiger partial charge in [0.25, 0.3) is 0 Å². The minimum Gasteiger partial charge on any atom is -0.477 e. The number of carbonyl (C=O) groups is 2. The highest BCUT2D eigenvalue weighted by atomic mass is 16.6. The van der Waals surface area contributed by atoms with Crippen molar-refractivity contribution in [1.82, 2.24) is 9.78 Å². The quantitative estimate of drug-likeness (QED) is 0.856. The van der Waals surface area contributed by atoms with Crippen LogP contribution in [0.4, 0.5) is 10.6 Å². The monoisotopic (exact) mass is 359 g/mol. The molecule has 0 saturated carbocycles. The molecule has 1 heterocycles. The minimum absolute atomic E-state index is 0.00747. The van der Waals surface area contributed by atoms with Crippen LogP contribution in [0, 0.1) is 0 Å². The first kappa shape index (κ1) is 19.5. The SMILES string of the molecule is CC(C)(C)OC(=O)Nc1c(C(=O)O)cnn1-c1ccc(C(C)(C)C)cc1. The number of hydrogen-bond donors (Lipinski definition) is 2. The summed E-state index contributed by atoms with van der Waals surface area (Å²) in [6.07, 6.45) is 0.459. The molecular weight excluding hydrogens is 334 g/mol. The normalized spacial score (nSPS) is 11.9. The van der Waals surface area contributed by atoms with E-state index < -0.39 is 17.7 Å². The van der Waals surface area contributed by atoms with Crippen molar-refractivity contribution in [2.24, 2.45) is 0 Å². The highest BCUT2D eigenvalue weighted by molar-refractivity contribution is 5.97. The summed E-state index contributed by atoms with van der Waals surface area (Å²) in [5, 5.41) is 16.0.